The number of anilines is 2. The molecule has 29 heavy (non-hydrogen) atoms. The number of hydrogen-bond acceptors (Lipinski definition) is 5. The molecule has 3 N–H and O–H groups in total. The van der Waals surface area contributed by atoms with E-state index >= 15 is 0 Å². The lowest BCUT2D eigenvalue weighted by atomic mass is 10.2. The number of furan rings is 1. The topological polar surface area (TPSA) is 114 Å². The number of amides is 3. The van der Waals surface area contributed by atoms with Gasteiger partial charge in [-0.2, -0.15) is 0 Å². The first-order valence-electron chi connectivity index (χ1n) is 8.93. The van der Waals surface area contributed by atoms with E-state index in [1.54, 1.807) is 47.3 Å². The number of carbonyl (C=O) groups excluding carboxylic acids is 2. The largest absolute Gasteiger partial charge is 0.467 e. The maximum atomic E-state index is 12.3. The van der Waals surface area contributed by atoms with Crippen molar-refractivity contribution in [2.75, 3.05) is 10.6 Å². The minimum atomic E-state index is -0.351. The van der Waals surface area contributed by atoms with Crippen LogP contribution in [0.1, 0.15) is 5.76 Å². The summed E-state index contributed by atoms with van der Waals surface area (Å²) in [6.45, 7) is 0.347. The molecule has 9 heteroatoms. The molecule has 0 bridgehead atoms. The van der Waals surface area contributed by atoms with Crippen LogP contribution in [-0.4, -0.2) is 26.9 Å². The van der Waals surface area contributed by atoms with Crippen LogP contribution < -0.4 is 16.0 Å². The zero-order chi connectivity index (χ0) is 20.1. The van der Waals surface area contributed by atoms with E-state index in [1.807, 2.05) is 24.3 Å². The van der Waals surface area contributed by atoms with E-state index in [2.05, 4.69) is 26.3 Å². The summed E-state index contributed by atoms with van der Waals surface area (Å²) in [5, 5.41) is 16.2. The molecule has 4 aromatic rings. The van der Waals surface area contributed by atoms with Crippen LogP contribution in [0.3, 0.4) is 0 Å². The Morgan fingerprint density at radius 3 is 2.45 bits per heavy atom. The van der Waals surface area contributed by atoms with Gasteiger partial charge in [-0.3, -0.25) is 4.79 Å². The van der Waals surface area contributed by atoms with Crippen molar-refractivity contribution < 1.29 is 14.0 Å². The van der Waals surface area contributed by atoms with Crippen molar-refractivity contribution in [1.29, 1.82) is 0 Å². The zero-order valence-electron chi connectivity index (χ0n) is 15.3. The lowest BCUT2D eigenvalue weighted by molar-refractivity contribution is -0.116. The predicted molar refractivity (Wildman–Crippen MR) is 107 cm³/mol. The monoisotopic (exact) mass is 390 g/mol. The molecule has 0 aliphatic rings. The molecule has 0 aliphatic carbocycles. The second-order valence-electron chi connectivity index (χ2n) is 6.25. The lowest BCUT2D eigenvalue weighted by Gasteiger charge is -2.09. The van der Waals surface area contributed by atoms with Crippen LogP contribution in [0.5, 0.6) is 0 Å². The minimum Gasteiger partial charge on any atom is -0.467 e. The van der Waals surface area contributed by atoms with Gasteiger partial charge in [0.25, 0.3) is 0 Å². The molecule has 3 amide bonds. The van der Waals surface area contributed by atoms with E-state index in [4.69, 9.17) is 4.42 Å². The number of para-hydroxylation sites is 1. The highest BCUT2D eigenvalue weighted by Crippen LogP contribution is 2.14. The Labute approximate surface area is 165 Å². The summed E-state index contributed by atoms with van der Waals surface area (Å²) < 4.78 is 6.70. The van der Waals surface area contributed by atoms with Crippen LogP contribution in [-0.2, 0) is 17.9 Å². The Morgan fingerprint density at radius 1 is 0.931 bits per heavy atom. The highest BCUT2D eigenvalue weighted by molar-refractivity contribution is 5.92. The molecule has 4 rings (SSSR count). The number of fused-ring (bicyclic) bond motifs is 1. The van der Waals surface area contributed by atoms with E-state index in [0.717, 1.165) is 11.0 Å². The molecule has 146 valence electrons. The van der Waals surface area contributed by atoms with Crippen molar-refractivity contribution in [3.63, 3.8) is 0 Å². The molecule has 0 saturated heterocycles. The van der Waals surface area contributed by atoms with Crippen LogP contribution in [0.15, 0.2) is 71.3 Å². The van der Waals surface area contributed by atoms with Crippen molar-refractivity contribution in [2.45, 2.75) is 13.1 Å². The quantitative estimate of drug-likeness (QED) is 0.468. The first kappa shape index (κ1) is 18.2. The van der Waals surface area contributed by atoms with Crippen molar-refractivity contribution in [1.82, 2.24) is 20.3 Å². The van der Waals surface area contributed by atoms with E-state index in [9.17, 15) is 9.59 Å². The Bertz CT molecular complexity index is 1120. The molecule has 0 atom stereocenters. The van der Waals surface area contributed by atoms with E-state index in [-0.39, 0.29) is 18.5 Å². The molecule has 0 fully saturated rings. The van der Waals surface area contributed by atoms with Gasteiger partial charge in [-0.25, -0.2) is 9.48 Å². The van der Waals surface area contributed by atoms with E-state index in [1.165, 1.54) is 0 Å². The Balaban J connectivity index is 1.29. The number of benzene rings is 2. The summed E-state index contributed by atoms with van der Waals surface area (Å²) >= 11 is 0. The second kappa shape index (κ2) is 8.26. The molecule has 0 spiro atoms. The summed E-state index contributed by atoms with van der Waals surface area (Å²) in [7, 11) is 0. The Hall–Kier alpha value is -4.14. The fourth-order valence-electron chi connectivity index (χ4n) is 2.76. The molecule has 2 aromatic carbocycles. The Morgan fingerprint density at radius 2 is 1.69 bits per heavy atom. The van der Waals surface area contributed by atoms with E-state index in [0.29, 0.717) is 23.7 Å². The van der Waals surface area contributed by atoms with Gasteiger partial charge in [0, 0.05) is 11.4 Å². The fourth-order valence-corrected chi connectivity index (χ4v) is 2.76. The summed E-state index contributed by atoms with van der Waals surface area (Å²) in [5.74, 6) is 0.441. The van der Waals surface area contributed by atoms with Gasteiger partial charge in [0.1, 0.15) is 17.8 Å². The van der Waals surface area contributed by atoms with Crippen molar-refractivity contribution >= 4 is 34.3 Å². The summed E-state index contributed by atoms with van der Waals surface area (Å²) in [5.41, 5.74) is 2.74. The third-order valence-corrected chi connectivity index (χ3v) is 4.14. The molecule has 2 heterocycles. The minimum absolute atomic E-state index is 0.0513. The lowest BCUT2D eigenvalue weighted by Crippen LogP contribution is -2.28. The standard InChI is InChI=1S/C20H18N6O3/c27-19(13-26-18-6-2-1-5-17(18)24-25-26)22-14-7-9-15(10-8-14)23-20(28)21-12-16-4-3-11-29-16/h1-11H,12-13H2,(H,22,27)(H2,21,23,28). The van der Waals surface area contributed by atoms with Crippen LogP contribution in [0.25, 0.3) is 11.0 Å². The number of urea groups is 1. The zero-order valence-corrected chi connectivity index (χ0v) is 15.3. The van der Waals surface area contributed by atoms with Crippen LogP contribution in [0, 0.1) is 0 Å². The van der Waals surface area contributed by atoms with Crippen molar-refractivity contribution in [3.05, 3.63) is 72.7 Å². The molecule has 0 aliphatic heterocycles. The molecule has 0 radical (unpaired) electrons. The van der Waals surface area contributed by atoms with Gasteiger partial charge >= 0.3 is 6.03 Å². The summed E-state index contributed by atoms with van der Waals surface area (Å²) in [6, 6.07) is 17.4. The number of rotatable bonds is 6. The normalized spacial score (nSPS) is 10.6. The Kier molecular flexibility index (Phi) is 5.19. The van der Waals surface area contributed by atoms with Gasteiger partial charge in [-0.15, -0.1) is 5.10 Å². The number of aromatic nitrogens is 3. The average molecular weight is 390 g/mol. The van der Waals surface area contributed by atoms with Crippen molar-refractivity contribution in [3.8, 4) is 0 Å². The predicted octanol–water partition coefficient (Wildman–Crippen LogP) is 2.98. The summed E-state index contributed by atoms with van der Waals surface area (Å²) in [4.78, 5) is 24.2. The maximum absolute atomic E-state index is 12.3. The van der Waals surface area contributed by atoms with Gasteiger partial charge in [0.15, 0.2) is 0 Å². The number of nitrogens with one attached hydrogen (secondary N) is 3. The van der Waals surface area contributed by atoms with Gasteiger partial charge in [0.2, 0.25) is 5.91 Å². The number of carbonyl (C=O) groups is 2. The molecule has 0 saturated carbocycles. The molecular formula is C20H18N6O3. The third kappa shape index (κ3) is 4.59. The molecular weight excluding hydrogens is 372 g/mol. The van der Waals surface area contributed by atoms with Crippen LogP contribution >= 0.6 is 0 Å². The third-order valence-electron chi connectivity index (χ3n) is 4.14. The van der Waals surface area contributed by atoms with Crippen molar-refractivity contribution in [2.24, 2.45) is 0 Å². The maximum Gasteiger partial charge on any atom is 0.319 e. The first-order chi connectivity index (χ1) is 14.2. The van der Waals surface area contributed by atoms with Gasteiger partial charge in [0.05, 0.1) is 18.3 Å². The van der Waals surface area contributed by atoms with Gasteiger partial charge < -0.3 is 20.4 Å². The van der Waals surface area contributed by atoms with Gasteiger partial charge in [-0.05, 0) is 48.5 Å². The fraction of sp³-hybridized carbons (Fsp3) is 0.100. The average Bonchev–Trinajstić information content (AvgIpc) is 3.38. The molecule has 9 nitrogen and oxygen atoms in total. The molecule has 0 unspecified atom stereocenters. The highest BCUT2D eigenvalue weighted by atomic mass is 16.3. The van der Waals surface area contributed by atoms with Gasteiger partial charge in [-0.1, -0.05) is 17.3 Å². The van der Waals surface area contributed by atoms with Crippen LogP contribution in [0.4, 0.5) is 16.2 Å². The summed E-state index contributed by atoms with van der Waals surface area (Å²) in [6.07, 6.45) is 1.55. The highest BCUT2D eigenvalue weighted by Gasteiger charge is 2.09. The van der Waals surface area contributed by atoms with E-state index < -0.39 is 0 Å². The number of nitrogens with zero attached hydrogens (tertiary/aromatic N) is 3. The van der Waals surface area contributed by atoms with Crippen LogP contribution in [0.2, 0.25) is 0 Å². The first-order valence-corrected chi connectivity index (χ1v) is 8.93. The second-order valence-corrected chi connectivity index (χ2v) is 6.25. The number of hydrogen-bond donors (Lipinski definition) is 3. The molecule has 2 aromatic heterocycles. The SMILES string of the molecule is O=C(Cn1nnc2ccccc21)Nc1ccc(NC(=O)NCc2ccco2)cc1. The smallest absolute Gasteiger partial charge is 0.319 e.